The van der Waals surface area contributed by atoms with Gasteiger partial charge < -0.3 is 14.5 Å². The third-order valence-electron chi connectivity index (χ3n) is 6.29. The molecule has 1 amide bonds. The lowest BCUT2D eigenvalue weighted by atomic mass is 10.00. The van der Waals surface area contributed by atoms with Crippen LogP contribution in [0.25, 0.3) is 32.9 Å². The van der Waals surface area contributed by atoms with Gasteiger partial charge in [-0.25, -0.2) is 13.8 Å². The second-order valence-corrected chi connectivity index (χ2v) is 8.52. The Labute approximate surface area is 205 Å². The van der Waals surface area contributed by atoms with Gasteiger partial charge in [-0.2, -0.15) is 0 Å². The quantitative estimate of drug-likeness (QED) is 0.364. The summed E-state index contributed by atoms with van der Waals surface area (Å²) in [4.78, 5) is 24.4. The molecule has 2 aromatic heterocycles. The summed E-state index contributed by atoms with van der Waals surface area (Å²) in [6.45, 7) is 5.57. The van der Waals surface area contributed by atoms with Gasteiger partial charge in [0.15, 0.2) is 11.6 Å². The number of anilines is 1. The average Bonchev–Trinajstić information content (AvgIpc) is 2.89. The maximum absolute atomic E-state index is 15.9. The Morgan fingerprint density at radius 2 is 1.89 bits per heavy atom. The number of hydrogen-bond acceptors (Lipinski definition) is 5. The van der Waals surface area contributed by atoms with E-state index in [9.17, 15) is 9.18 Å². The summed E-state index contributed by atoms with van der Waals surface area (Å²) in [6, 6.07) is 8.05. The van der Waals surface area contributed by atoms with Crippen molar-refractivity contribution < 1.29 is 18.3 Å². The van der Waals surface area contributed by atoms with Gasteiger partial charge in [-0.3, -0.25) is 9.78 Å². The molecule has 5 rings (SSSR count). The number of halogens is 3. The van der Waals surface area contributed by atoms with Crippen LogP contribution in [0.4, 0.5) is 14.5 Å². The molecule has 0 bridgehead atoms. The second kappa shape index (κ2) is 9.11. The summed E-state index contributed by atoms with van der Waals surface area (Å²) in [7, 11) is 1.52. The highest BCUT2D eigenvalue weighted by Gasteiger charge is 2.26. The zero-order chi connectivity index (χ0) is 24.7. The van der Waals surface area contributed by atoms with Crippen molar-refractivity contribution in [2.45, 2.75) is 0 Å². The molecule has 0 aliphatic carbocycles. The van der Waals surface area contributed by atoms with E-state index in [0.29, 0.717) is 59.3 Å². The van der Waals surface area contributed by atoms with Crippen LogP contribution in [-0.4, -0.2) is 54.1 Å². The largest absolute Gasteiger partial charge is 0.493 e. The molecule has 35 heavy (non-hydrogen) atoms. The molecular weight excluding hydrogens is 474 g/mol. The highest BCUT2D eigenvalue weighted by molar-refractivity contribution is 6.36. The normalized spacial score (nSPS) is 13.9. The number of ether oxygens (including phenoxy) is 1. The molecule has 0 atom stereocenters. The predicted octanol–water partition coefficient (Wildman–Crippen LogP) is 5.22. The monoisotopic (exact) mass is 494 g/mol. The molecule has 3 heterocycles. The number of carbonyl (C=O) groups excluding carboxylic acids is 1. The van der Waals surface area contributed by atoms with Gasteiger partial charge in [0.05, 0.1) is 24.0 Å². The molecule has 1 aliphatic heterocycles. The number of nitrogens with zero attached hydrogens (tertiary/aromatic N) is 4. The molecule has 1 aliphatic rings. The number of fused-ring (bicyclic) bond motifs is 2. The number of carbonyl (C=O) groups is 1. The van der Waals surface area contributed by atoms with Gasteiger partial charge in [-0.05, 0) is 17.5 Å². The van der Waals surface area contributed by atoms with E-state index >= 15 is 4.39 Å². The molecule has 0 radical (unpaired) electrons. The van der Waals surface area contributed by atoms with Crippen molar-refractivity contribution in [2.24, 2.45) is 0 Å². The van der Waals surface area contributed by atoms with E-state index in [4.69, 9.17) is 16.3 Å². The first kappa shape index (κ1) is 23.0. The van der Waals surface area contributed by atoms with E-state index in [1.54, 1.807) is 35.4 Å². The van der Waals surface area contributed by atoms with Gasteiger partial charge >= 0.3 is 0 Å². The number of piperazine rings is 1. The zero-order valence-electron chi connectivity index (χ0n) is 18.9. The number of methoxy groups -OCH3 is 1. The van der Waals surface area contributed by atoms with Crippen molar-refractivity contribution in [3.05, 3.63) is 72.0 Å². The first-order valence-electron chi connectivity index (χ1n) is 11.0. The summed E-state index contributed by atoms with van der Waals surface area (Å²) in [5, 5.41) is 1.45. The molecule has 1 fully saturated rings. The van der Waals surface area contributed by atoms with E-state index in [0.717, 1.165) is 0 Å². The number of aromatic nitrogens is 2. The van der Waals surface area contributed by atoms with Crippen LogP contribution in [0.1, 0.15) is 0 Å². The minimum absolute atomic E-state index is 0.0283. The van der Waals surface area contributed by atoms with Crippen LogP contribution in [0.2, 0.25) is 5.02 Å². The fourth-order valence-corrected chi connectivity index (χ4v) is 4.82. The molecule has 0 spiro atoms. The molecule has 1 saturated heterocycles. The van der Waals surface area contributed by atoms with Gasteiger partial charge in [0.25, 0.3) is 0 Å². The maximum Gasteiger partial charge on any atom is 0.246 e. The molecule has 0 unspecified atom stereocenters. The van der Waals surface area contributed by atoms with E-state index in [2.05, 4.69) is 16.5 Å². The van der Waals surface area contributed by atoms with Gasteiger partial charge in [0, 0.05) is 48.7 Å². The molecule has 4 aromatic rings. The van der Waals surface area contributed by atoms with Crippen molar-refractivity contribution >= 4 is 44.9 Å². The highest BCUT2D eigenvalue weighted by Crippen LogP contribution is 2.40. The van der Waals surface area contributed by atoms with E-state index in [1.165, 1.54) is 25.4 Å². The Morgan fingerprint density at radius 1 is 1.11 bits per heavy atom. The summed E-state index contributed by atoms with van der Waals surface area (Å²) < 4.78 is 35.7. The van der Waals surface area contributed by atoms with Crippen LogP contribution < -0.4 is 9.64 Å². The third kappa shape index (κ3) is 3.83. The van der Waals surface area contributed by atoms with Crippen LogP contribution in [0.15, 0.2) is 55.4 Å². The summed E-state index contributed by atoms with van der Waals surface area (Å²) in [6.07, 6.45) is 4.32. The maximum atomic E-state index is 15.9. The van der Waals surface area contributed by atoms with Gasteiger partial charge in [-0.15, -0.1) is 0 Å². The van der Waals surface area contributed by atoms with Crippen molar-refractivity contribution in [1.29, 1.82) is 0 Å². The van der Waals surface area contributed by atoms with Crippen molar-refractivity contribution in [2.75, 3.05) is 38.2 Å². The number of rotatable bonds is 4. The number of hydrogen-bond donors (Lipinski definition) is 0. The van der Waals surface area contributed by atoms with Crippen LogP contribution >= 0.6 is 11.6 Å². The number of benzene rings is 2. The minimum atomic E-state index is -0.639. The first-order valence-corrected chi connectivity index (χ1v) is 11.4. The molecule has 0 N–H and O–H groups in total. The van der Waals surface area contributed by atoms with Gasteiger partial charge in [-0.1, -0.05) is 42.4 Å². The highest BCUT2D eigenvalue weighted by atomic mass is 35.5. The SMILES string of the molecule is C=CC(=O)N1CCN(c2c(OC)cnc3c(F)c(-c4cccc5ccc(F)c(Cl)c45)ncc23)CC1. The lowest BCUT2D eigenvalue weighted by molar-refractivity contribution is -0.126. The molecule has 0 saturated carbocycles. The standard InChI is InChI=1S/C26H21ClF2N4O2/c1-3-20(34)32-9-11-33(12-10-32)26-17-13-30-24(23(29)25(17)31-14-19(26)35-2)16-6-4-5-15-7-8-18(28)22(27)21(15)16/h3-8,13-14H,1,9-12H2,2H3. The summed E-state index contributed by atoms with van der Waals surface area (Å²) in [5.41, 5.74) is 1.17. The predicted molar refractivity (Wildman–Crippen MR) is 133 cm³/mol. The Kier molecular flexibility index (Phi) is 5.98. The molecule has 178 valence electrons. The van der Waals surface area contributed by atoms with Crippen LogP contribution in [0.3, 0.4) is 0 Å². The lowest BCUT2D eigenvalue weighted by Gasteiger charge is -2.36. The fraction of sp³-hybridized carbons (Fsp3) is 0.192. The lowest BCUT2D eigenvalue weighted by Crippen LogP contribution is -2.48. The average molecular weight is 495 g/mol. The minimum Gasteiger partial charge on any atom is -0.493 e. The zero-order valence-corrected chi connectivity index (χ0v) is 19.6. The van der Waals surface area contributed by atoms with E-state index in [1.807, 2.05) is 4.90 Å². The fourth-order valence-electron chi connectivity index (χ4n) is 4.54. The van der Waals surface area contributed by atoms with Gasteiger partial charge in [0.1, 0.15) is 17.0 Å². The second-order valence-electron chi connectivity index (χ2n) is 8.14. The van der Waals surface area contributed by atoms with Crippen molar-refractivity contribution in [3.8, 4) is 17.0 Å². The first-order chi connectivity index (χ1) is 16.9. The van der Waals surface area contributed by atoms with Crippen LogP contribution in [0.5, 0.6) is 5.75 Å². The smallest absolute Gasteiger partial charge is 0.246 e. The van der Waals surface area contributed by atoms with E-state index in [-0.39, 0.29) is 22.1 Å². The van der Waals surface area contributed by atoms with Crippen molar-refractivity contribution in [1.82, 2.24) is 14.9 Å². The van der Waals surface area contributed by atoms with Crippen LogP contribution in [-0.2, 0) is 4.79 Å². The number of amides is 1. The molecule has 9 heteroatoms. The van der Waals surface area contributed by atoms with Gasteiger partial charge in [0.2, 0.25) is 5.91 Å². The van der Waals surface area contributed by atoms with E-state index < -0.39 is 11.6 Å². The molecule has 2 aromatic carbocycles. The third-order valence-corrected chi connectivity index (χ3v) is 6.65. The Bertz CT molecular complexity index is 1490. The van der Waals surface area contributed by atoms with Crippen LogP contribution in [0, 0.1) is 11.6 Å². The molecule has 6 nitrogen and oxygen atoms in total. The summed E-state index contributed by atoms with van der Waals surface area (Å²) in [5.74, 6) is -0.879. The Hall–Kier alpha value is -3.78. The topological polar surface area (TPSA) is 58.6 Å². The number of pyridine rings is 2. The Balaban J connectivity index is 1.64. The molecular formula is C26H21ClF2N4O2. The van der Waals surface area contributed by atoms with Crippen molar-refractivity contribution in [3.63, 3.8) is 0 Å². The summed E-state index contributed by atoms with van der Waals surface area (Å²) >= 11 is 6.26. The Morgan fingerprint density at radius 3 is 2.60 bits per heavy atom.